The number of nitro benzene ring substituents is 1. The lowest BCUT2D eigenvalue weighted by molar-refractivity contribution is -0.384. The normalized spacial score (nSPS) is 17.5. The number of aliphatic hydroxyl groups is 1. The van der Waals surface area contributed by atoms with Crippen LogP contribution in [0, 0.1) is 10.1 Å². The third-order valence-electron chi connectivity index (χ3n) is 5.18. The molecular weight excluding hydrogens is 414 g/mol. The molecule has 3 aromatic rings. The minimum absolute atomic E-state index is 0.00137. The molecule has 9 heteroatoms. The number of likely N-dealkylation sites (tertiary alicyclic amines) is 1. The summed E-state index contributed by atoms with van der Waals surface area (Å²) in [5.74, 6) is -2.23. The highest BCUT2D eigenvalue weighted by Gasteiger charge is 2.46. The lowest BCUT2D eigenvalue weighted by atomic mass is 9.95. The fourth-order valence-corrected chi connectivity index (χ4v) is 3.65. The van der Waals surface area contributed by atoms with Gasteiger partial charge in [0, 0.05) is 36.6 Å². The Morgan fingerprint density at radius 2 is 1.75 bits per heavy atom. The number of non-ortho nitro benzene ring substituents is 1. The van der Waals surface area contributed by atoms with Gasteiger partial charge in [-0.05, 0) is 35.4 Å². The van der Waals surface area contributed by atoms with E-state index in [-0.39, 0.29) is 29.1 Å². The van der Waals surface area contributed by atoms with E-state index < -0.39 is 28.4 Å². The molecule has 0 spiro atoms. The minimum atomic E-state index is -0.956. The van der Waals surface area contributed by atoms with Crippen LogP contribution in [0.4, 0.5) is 5.69 Å². The Morgan fingerprint density at radius 3 is 2.41 bits per heavy atom. The Balaban J connectivity index is 1.87. The van der Waals surface area contributed by atoms with Gasteiger partial charge in [0.05, 0.1) is 16.5 Å². The van der Waals surface area contributed by atoms with Crippen molar-refractivity contribution < 1.29 is 24.7 Å². The summed E-state index contributed by atoms with van der Waals surface area (Å²) in [5, 5.41) is 31.8. The summed E-state index contributed by atoms with van der Waals surface area (Å²) in [6, 6.07) is 13.6. The lowest BCUT2D eigenvalue weighted by Crippen LogP contribution is -2.29. The summed E-state index contributed by atoms with van der Waals surface area (Å²) < 4.78 is 0. The summed E-state index contributed by atoms with van der Waals surface area (Å²) >= 11 is 0. The smallest absolute Gasteiger partial charge is 0.295 e. The molecule has 2 heterocycles. The van der Waals surface area contributed by atoms with E-state index >= 15 is 0 Å². The van der Waals surface area contributed by atoms with Gasteiger partial charge in [-0.1, -0.05) is 24.3 Å². The molecule has 0 radical (unpaired) electrons. The average Bonchev–Trinajstić information content (AvgIpc) is 3.05. The molecular formula is C23H17N3O6. The summed E-state index contributed by atoms with van der Waals surface area (Å²) in [7, 11) is 0. The fourth-order valence-electron chi connectivity index (χ4n) is 3.65. The Bertz CT molecular complexity index is 1240. The van der Waals surface area contributed by atoms with Crippen LogP contribution in [0.1, 0.15) is 22.7 Å². The van der Waals surface area contributed by atoms with Gasteiger partial charge < -0.3 is 15.1 Å². The maximum absolute atomic E-state index is 13.0. The molecule has 0 bridgehead atoms. The Hall–Kier alpha value is -4.53. The highest BCUT2D eigenvalue weighted by Crippen LogP contribution is 2.40. The number of amides is 1. The first kappa shape index (κ1) is 20.7. The number of pyridine rings is 1. The number of carbonyl (C=O) groups is 2. The maximum Gasteiger partial charge on any atom is 0.295 e. The average molecular weight is 431 g/mol. The molecule has 0 aliphatic carbocycles. The van der Waals surface area contributed by atoms with Crippen LogP contribution in [0.5, 0.6) is 5.75 Å². The monoisotopic (exact) mass is 431 g/mol. The van der Waals surface area contributed by atoms with Crippen molar-refractivity contribution in [2.24, 2.45) is 0 Å². The van der Waals surface area contributed by atoms with Gasteiger partial charge in [0.15, 0.2) is 0 Å². The molecule has 1 aromatic heterocycles. The lowest BCUT2D eigenvalue weighted by Gasteiger charge is -2.25. The zero-order chi connectivity index (χ0) is 22.8. The van der Waals surface area contributed by atoms with Gasteiger partial charge in [-0.15, -0.1) is 0 Å². The highest BCUT2D eigenvalue weighted by atomic mass is 16.6. The van der Waals surface area contributed by atoms with Crippen molar-refractivity contribution >= 4 is 23.1 Å². The Labute approximate surface area is 182 Å². The minimum Gasteiger partial charge on any atom is -0.508 e. The van der Waals surface area contributed by atoms with Gasteiger partial charge in [0.25, 0.3) is 17.4 Å². The molecule has 2 aromatic carbocycles. The zero-order valence-electron chi connectivity index (χ0n) is 16.6. The molecule has 1 saturated heterocycles. The van der Waals surface area contributed by atoms with Crippen molar-refractivity contribution in [2.45, 2.75) is 12.6 Å². The molecule has 0 saturated carbocycles. The first-order valence-electron chi connectivity index (χ1n) is 9.58. The number of aliphatic hydroxyl groups excluding tert-OH is 1. The van der Waals surface area contributed by atoms with E-state index in [1.807, 2.05) is 0 Å². The van der Waals surface area contributed by atoms with Crippen LogP contribution in [-0.4, -0.2) is 36.7 Å². The van der Waals surface area contributed by atoms with E-state index in [1.54, 1.807) is 36.7 Å². The largest absolute Gasteiger partial charge is 0.508 e. The van der Waals surface area contributed by atoms with Crippen molar-refractivity contribution in [1.29, 1.82) is 0 Å². The van der Waals surface area contributed by atoms with Crippen molar-refractivity contribution in [2.75, 3.05) is 0 Å². The SMILES string of the molecule is O=C1C(=O)N(Cc2ccncc2)C(c2ccc(O)cc2)/C1=C(/O)c1cccc([N+](=O)[O-])c1. The third-order valence-corrected chi connectivity index (χ3v) is 5.18. The second kappa shape index (κ2) is 8.31. The van der Waals surface area contributed by atoms with Crippen LogP contribution in [0.2, 0.25) is 0 Å². The molecule has 160 valence electrons. The number of phenolic OH excluding ortho intramolecular Hbond substituents is 1. The maximum atomic E-state index is 13.0. The first-order chi connectivity index (χ1) is 15.4. The van der Waals surface area contributed by atoms with E-state index in [0.29, 0.717) is 5.56 Å². The quantitative estimate of drug-likeness (QED) is 0.208. The van der Waals surface area contributed by atoms with Crippen LogP contribution < -0.4 is 0 Å². The zero-order valence-corrected chi connectivity index (χ0v) is 16.6. The number of Topliss-reactive ketones (excluding diaryl/α,β-unsaturated/α-hetero) is 1. The molecule has 4 rings (SSSR count). The Morgan fingerprint density at radius 1 is 1.06 bits per heavy atom. The van der Waals surface area contributed by atoms with Crippen LogP contribution in [0.15, 0.2) is 78.6 Å². The van der Waals surface area contributed by atoms with Gasteiger partial charge in [0.2, 0.25) is 0 Å². The van der Waals surface area contributed by atoms with Crippen molar-refractivity contribution in [3.8, 4) is 5.75 Å². The number of benzene rings is 2. The number of aromatic nitrogens is 1. The topological polar surface area (TPSA) is 134 Å². The number of rotatable bonds is 5. The molecule has 32 heavy (non-hydrogen) atoms. The summed E-state index contributed by atoms with van der Waals surface area (Å²) in [5.41, 5.74) is 0.811. The molecule has 1 amide bonds. The standard InChI is InChI=1S/C23H17N3O6/c27-18-6-4-15(5-7-18)20-19(21(28)16-2-1-3-17(12-16)26(31)32)22(29)23(30)25(20)13-14-8-10-24-11-9-14/h1-12,20,27-28H,13H2/b21-19-. The number of ketones is 1. The van der Waals surface area contributed by atoms with Crippen molar-refractivity contribution in [3.63, 3.8) is 0 Å². The van der Waals surface area contributed by atoms with Crippen LogP contribution in [0.3, 0.4) is 0 Å². The van der Waals surface area contributed by atoms with Gasteiger partial charge in [0.1, 0.15) is 11.5 Å². The van der Waals surface area contributed by atoms with E-state index in [0.717, 1.165) is 11.6 Å². The summed E-state index contributed by atoms with van der Waals surface area (Å²) in [4.78, 5) is 41.7. The van der Waals surface area contributed by atoms with E-state index in [1.165, 1.54) is 35.2 Å². The van der Waals surface area contributed by atoms with Gasteiger partial charge in [-0.2, -0.15) is 0 Å². The second-order valence-electron chi connectivity index (χ2n) is 7.18. The van der Waals surface area contributed by atoms with E-state index in [4.69, 9.17) is 0 Å². The molecule has 9 nitrogen and oxygen atoms in total. The number of hydrogen-bond acceptors (Lipinski definition) is 7. The number of carbonyl (C=O) groups excluding carboxylic acids is 2. The number of phenols is 1. The van der Waals surface area contributed by atoms with Gasteiger partial charge >= 0.3 is 0 Å². The number of nitro groups is 1. The molecule has 1 aliphatic heterocycles. The van der Waals surface area contributed by atoms with E-state index in [9.17, 15) is 29.9 Å². The van der Waals surface area contributed by atoms with Crippen LogP contribution in [-0.2, 0) is 16.1 Å². The number of aromatic hydroxyl groups is 1. The van der Waals surface area contributed by atoms with Crippen LogP contribution in [0.25, 0.3) is 5.76 Å². The second-order valence-corrected chi connectivity index (χ2v) is 7.18. The highest BCUT2D eigenvalue weighted by molar-refractivity contribution is 6.46. The molecule has 1 unspecified atom stereocenters. The predicted molar refractivity (Wildman–Crippen MR) is 113 cm³/mol. The fraction of sp³-hybridized carbons (Fsp3) is 0.0870. The molecule has 1 fully saturated rings. The molecule has 1 aliphatic rings. The third kappa shape index (κ3) is 3.79. The Kier molecular flexibility index (Phi) is 5.38. The number of nitrogens with zero attached hydrogens (tertiary/aromatic N) is 3. The summed E-state index contributed by atoms with van der Waals surface area (Å²) in [6.07, 6.45) is 3.12. The summed E-state index contributed by atoms with van der Waals surface area (Å²) in [6.45, 7) is 0.0738. The van der Waals surface area contributed by atoms with Gasteiger partial charge in [-0.3, -0.25) is 24.7 Å². The molecule has 1 atom stereocenters. The van der Waals surface area contributed by atoms with Crippen molar-refractivity contribution in [3.05, 3.63) is 105 Å². The first-order valence-corrected chi connectivity index (χ1v) is 9.58. The molecule has 2 N–H and O–H groups in total. The van der Waals surface area contributed by atoms with Crippen LogP contribution >= 0.6 is 0 Å². The van der Waals surface area contributed by atoms with Crippen molar-refractivity contribution in [1.82, 2.24) is 9.88 Å². The predicted octanol–water partition coefficient (Wildman–Crippen LogP) is 3.32. The number of hydrogen-bond donors (Lipinski definition) is 2. The van der Waals surface area contributed by atoms with Gasteiger partial charge in [-0.25, -0.2) is 0 Å². The van der Waals surface area contributed by atoms with E-state index in [2.05, 4.69) is 4.98 Å².